The molecular formula is C37H47N3O9. The van der Waals surface area contributed by atoms with Crippen LogP contribution in [0, 0.1) is 0 Å². The lowest BCUT2D eigenvalue weighted by Gasteiger charge is -2.28. The van der Waals surface area contributed by atoms with Crippen molar-refractivity contribution < 1.29 is 43.0 Å². The summed E-state index contributed by atoms with van der Waals surface area (Å²) in [6.07, 6.45) is 1.34. The molecule has 2 fully saturated rings. The molecule has 2 heterocycles. The lowest BCUT2D eigenvalue weighted by molar-refractivity contribution is -0.125. The van der Waals surface area contributed by atoms with E-state index < -0.39 is 41.4 Å². The summed E-state index contributed by atoms with van der Waals surface area (Å²) >= 11 is 0. The van der Waals surface area contributed by atoms with Gasteiger partial charge in [-0.25, -0.2) is 9.59 Å². The van der Waals surface area contributed by atoms with E-state index in [1.54, 1.807) is 90.1 Å². The molecule has 2 aromatic carbocycles. The number of ether oxygens (including phenoxy) is 3. The molecule has 0 saturated carbocycles. The van der Waals surface area contributed by atoms with E-state index in [2.05, 4.69) is 5.32 Å². The molecule has 0 bridgehead atoms. The normalized spacial score (nSPS) is 17.8. The summed E-state index contributed by atoms with van der Waals surface area (Å²) in [5, 5.41) is 2.64. The minimum Gasteiger partial charge on any atom is -0.457 e. The van der Waals surface area contributed by atoms with Crippen molar-refractivity contribution >= 4 is 35.4 Å². The largest absolute Gasteiger partial charge is 0.457 e. The Balaban J connectivity index is 1.26. The highest BCUT2D eigenvalue weighted by atomic mass is 16.6. The number of rotatable bonds is 11. The third kappa shape index (κ3) is 10.6. The fraction of sp³-hybridized carbons (Fsp3) is 0.514. The first kappa shape index (κ1) is 37.1. The lowest BCUT2D eigenvalue weighted by Crippen LogP contribution is -2.48. The van der Waals surface area contributed by atoms with Gasteiger partial charge in [-0.15, -0.1) is 0 Å². The number of hydrogen-bond acceptors (Lipinski definition) is 9. The Morgan fingerprint density at radius 1 is 0.694 bits per heavy atom. The highest BCUT2D eigenvalue weighted by Crippen LogP contribution is 2.26. The van der Waals surface area contributed by atoms with Crippen molar-refractivity contribution in [1.29, 1.82) is 0 Å². The molecule has 2 atom stereocenters. The molecule has 3 amide bonds. The van der Waals surface area contributed by atoms with Crippen LogP contribution in [0.4, 0.5) is 9.59 Å². The second kappa shape index (κ2) is 15.7. The molecule has 1 N–H and O–H groups in total. The lowest BCUT2D eigenvalue weighted by atomic mass is 10.0. The van der Waals surface area contributed by atoms with Crippen LogP contribution in [0.3, 0.4) is 0 Å². The van der Waals surface area contributed by atoms with Gasteiger partial charge in [-0.1, -0.05) is 12.1 Å². The summed E-state index contributed by atoms with van der Waals surface area (Å²) < 4.78 is 16.8. The zero-order valence-corrected chi connectivity index (χ0v) is 29.2. The highest BCUT2D eigenvalue weighted by molar-refractivity contribution is 6.00. The van der Waals surface area contributed by atoms with E-state index in [-0.39, 0.29) is 36.7 Å². The first-order valence-corrected chi connectivity index (χ1v) is 16.7. The zero-order chi connectivity index (χ0) is 35.9. The van der Waals surface area contributed by atoms with Crippen LogP contribution in [-0.4, -0.2) is 88.2 Å². The van der Waals surface area contributed by atoms with Crippen LogP contribution < -0.4 is 10.1 Å². The van der Waals surface area contributed by atoms with E-state index in [4.69, 9.17) is 14.2 Å². The van der Waals surface area contributed by atoms with E-state index in [0.29, 0.717) is 61.4 Å². The molecule has 0 radical (unpaired) electrons. The zero-order valence-electron chi connectivity index (χ0n) is 29.2. The Morgan fingerprint density at radius 3 is 1.86 bits per heavy atom. The maximum absolute atomic E-state index is 13.0. The van der Waals surface area contributed by atoms with Gasteiger partial charge in [0.25, 0.3) is 0 Å². The molecule has 12 nitrogen and oxygen atoms in total. The minimum atomic E-state index is -0.691. The Kier molecular flexibility index (Phi) is 11.8. The fourth-order valence-electron chi connectivity index (χ4n) is 5.73. The van der Waals surface area contributed by atoms with Crippen molar-refractivity contribution in [3.63, 3.8) is 0 Å². The number of hydrogen-bond donors (Lipinski definition) is 1. The molecule has 0 aliphatic carbocycles. The first-order chi connectivity index (χ1) is 23.0. The smallest absolute Gasteiger partial charge is 0.410 e. The molecule has 2 aromatic rings. The third-order valence-corrected chi connectivity index (χ3v) is 8.03. The van der Waals surface area contributed by atoms with Gasteiger partial charge in [0.1, 0.15) is 28.7 Å². The van der Waals surface area contributed by atoms with Gasteiger partial charge < -0.3 is 19.5 Å². The standard InChI is InChI=1S/C37H47N3O9/c1-36(2,3)48-34(45)39-20-8-12-28(39)31(42)19-18-30(41)25-10-7-11-27(22-25)47-26-16-14-24(15-17-26)32(43)23-38-33(44)29-13-9-21-40(29)35(46)49-37(4,5)6/h7,10-11,14-17,22,28-29H,8-9,12-13,18-21,23H2,1-6H3,(H,38,44)/t28-,29-/m0/s1. The fourth-order valence-corrected chi connectivity index (χ4v) is 5.73. The number of nitrogens with zero attached hydrogens (tertiary/aromatic N) is 2. The number of ketones is 3. The predicted octanol–water partition coefficient (Wildman–Crippen LogP) is 6.11. The van der Waals surface area contributed by atoms with Crippen molar-refractivity contribution in [2.45, 2.75) is 103 Å². The quantitative estimate of drug-likeness (QED) is 0.278. The van der Waals surface area contributed by atoms with Crippen LogP contribution in [0.2, 0.25) is 0 Å². The first-order valence-electron chi connectivity index (χ1n) is 16.7. The van der Waals surface area contributed by atoms with Crippen molar-refractivity contribution in [3.05, 3.63) is 59.7 Å². The van der Waals surface area contributed by atoms with Crippen molar-refractivity contribution in [3.8, 4) is 11.5 Å². The van der Waals surface area contributed by atoms with E-state index in [1.807, 2.05) is 0 Å². The van der Waals surface area contributed by atoms with Crippen LogP contribution in [0.15, 0.2) is 48.5 Å². The summed E-state index contributed by atoms with van der Waals surface area (Å²) in [6.45, 7) is 11.2. The van der Waals surface area contributed by atoms with Crippen LogP contribution >= 0.6 is 0 Å². The summed E-state index contributed by atoms with van der Waals surface area (Å²) in [4.78, 5) is 79.5. The van der Waals surface area contributed by atoms with E-state index >= 15 is 0 Å². The minimum absolute atomic E-state index is 0.00588. The van der Waals surface area contributed by atoms with Gasteiger partial charge in [-0.2, -0.15) is 0 Å². The van der Waals surface area contributed by atoms with Gasteiger partial charge in [0.2, 0.25) is 5.91 Å². The summed E-state index contributed by atoms with van der Waals surface area (Å²) in [7, 11) is 0. The van der Waals surface area contributed by atoms with Gasteiger partial charge >= 0.3 is 12.2 Å². The van der Waals surface area contributed by atoms with Crippen molar-refractivity contribution in [2.75, 3.05) is 19.6 Å². The molecule has 12 heteroatoms. The van der Waals surface area contributed by atoms with E-state index in [1.165, 1.54) is 9.80 Å². The average Bonchev–Trinajstić information content (AvgIpc) is 3.72. The summed E-state index contributed by atoms with van der Waals surface area (Å²) in [6, 6.07) is 11.7. The molecule has 49 heavy (non-hydrogen) atoms. The van der Waals surface area contributed by atoms with Gasteiger partial charge in [0.05, 0.1) is 12.6 Å². The Morgan fingerprint density at radius 2 is 1.27 bits per heavy atom. The maximum Gasteiger partial charge on any atom is 0.410 e. The molecule has 2 aliphatic rings. The van der Waals surface area contributed by atoms with Crippen molar-refractivity contribution in [2.24, 2.45) is 0 Å². The number of benzene rings is 2. The van der Waals surface area contributed by atoms with Crippen LogP contribution in [0.1, 0.15) is 101 Å². The molecule has 0 spiro atoms. The number of nitrogens with one attached hydrogen (secondary N) is 1. The number of Topliss-reactive ketones (excluding diaryl/α,β-unsaturated/α-hetero) is 3. The second-order valence-electron chi connectivity index (χ2n) is 14.3. The van der Waals surface area contributed by atoms with E-state index in [0.717, 1.165) is 0 Å². The average molecular weight is 678 g/mol. The number of likely N-dealkylation sites (tertiary alicyclic amines) is 2. The predicted molar refractivity (Wildman–Crippen MR) is 181 cm³/mol. The summed E-state index contributed by atoms with van der Waals surface area (Å²) in [5.74, 6) is -0.271. The number of carbonyl (C=O) groups is 6. The Bertz CT molecular complexity index is 1560. The molecule has 2 saturated heterocycles. The topological polar surface area (TPSA) is 149 Å². The van der Waals surface area contributed by atoms with Gasteiger partial charge in [-0.05, 0) is 104 Å². The molecular weight excluding hydrogens is 630 g/mol. The van der Waals surface area contributed by atoms with Crippen molar-refractivity contribution in [1.82, 2.24) is 15.1 Å². The number of carbonyl (C=O) groups excluding carboxylic acids is 6. The molecule has 4 rings (SSSR count). The van der Waals surface area contributed by atoms with Crippen LogP contribution in [0.25, 0.3) is 0 Å². The molecule has 2 aliphatic heterocycles. The highest BCUT2D eigenvalue weighted by Gasteiger charge is 2.37. The van der Waals surface area contributed by atoms with Crippen LogP contribution in [-0.2, 0) is 19.1 Å². The van der Waals surface area contributed by atoms with E-state index in [9.17, 15) is 28.8 Å². The molecule has 0 aromatic heterocycles. The van der Waals surface area contributed by atoms with Gasteiger partial charge in [0.15, 0.2) is 17.3 Å². The maximum atomic E-state index is 13.0. The number of amides is 3. The molecule has 264 valence electrons. The third-order valence-electron chi connectivity index (χ3n) is 8.03. The van der Waals surface area contributed by atoms with Gasteiger partial charge in [0, 0.05) is 37.1 Å². The van der Waals surface area contributed by atoms with Gasteiger partial charge in [-0.3, -0.25) is 29.0 Å². The van der Waals surface area contributed by atoms with Crippen LogP contribution in [0.5, 0.6) is 11.5 Å². The second-order valence-corrected chi connectivity index (χ2v) is 14.3. The Hall–Kier alpha value is -4.74. The summed E-state index contributed by atoms with van der Waals surface area (Å²) in [5.41, 5.74) is -0.599. The Labute approximate surface area is 287 Å². The monoisotopic (exact) mass is 677 g/mol. The SMILES string of the molecule is CC(C)(C)OC(=O)N1CCC[C@H]1C(=O)CCC(=O)c1cccc(Oc2ccc(C(=O)CNC(=O)[C@@H]3CCCN3C(=O)OC(C)(C)C)cc2)c1. The molecule has 0 unspecified atom stereocenters.